The van der Waals surface area contributed by atoms with Crippen LogP contribution in [-0.4, -0.2) is 61.9 Å². The van der Waals surface area contributed by atoms with Gasteiger partial charge in [0.2, 0.25) is 0 Å². The smallest absolute Gasteiger partial charge is 0.323 e. The van der Waals surface area contributed by atoms with Crippen LogP contribution in [0.25, 0.3) is 10.9 Å². The number of rotatable bonds is 5. The van der Waals surface area contributed by atoms with Crippen molar-refractivity contribution in [2.75, 3.05) is 23.7 Å². The summed E-state index contributed by atoms with van der Waals surface area (Å²) < 4.78 is 39.2. The zero-order chi connectivity index (χ0) is 24.7. The lowest BCUT2D eigenvalue weighted by Gasteiger charge is -2.38. The number of nitrogens with zero attached hydrogens (tertiary/aromatic N) is 3. The van der Waals surface area contributed by atoms with Gasteiger partial charge in [0.15, 0.2) is 5.82 Å². The monoisotopic (exact) mass is 477 g/mol. The van der Waals surface area contributed by atoms with Gasteiger partial charge in [0.1, 0.15) is 11.6 Å². The standard InChI is InChI=1S/C21H22F3N7O3/c1-20(2,34)16(11-3-5-12(22)6-4-11)27-18(32)26-15-7-14-13(8-25-15)17(30-29-14)28-19(33)31-9-21(23,24)10-31/h3-8,16,34H,9-10H2,1-2H3,(H2,25,26,27,32)(H2,28,29,30,33). The Kier molecular flexibility index (Phi) is 5.81. The number of nitrogens with one attached hydrogen (secondary N) is 4. The van der Waals surface area contributed by atoms with Gasteiger partial charge >= 0.3 is 12.1 Å². The highest BCUT2D eigenvalue weighted by Crippen LogP contribution is 2.29. The van der Waals surface area contributed by atoms with E-state index in [-0.39, 0.29) is 11.6 Å². The molecule has 1 atom stereocenters. The fourth-order valence-electron chi connectivity index (χ4n) is 3.52. The average molecular weight is 477 g/mol. The largest absolute Gasteiger partial charge is 0.388 e. The zero-order valence-corrected chi connectivity index (χ0v) is 18.2. The Balaban J connectivity index is 1.43. The number of hydrogen-bond donors (Lipinski definition) is 5. The van der Waals surface area contributed by atoms with Crippen LogP contribution in [0.15, 0.2) is 36.5 Å². The summed E-state index contributed by atoms with van der Waals surface area (Å²) in [5.41, 5.74) is -0.433. The lowest BCUT2D eigenvalue weighted by atomic mass is 9.92. The first kappa shape index (κ1) is 23.3. The van der Waals surface area contributed by atoms with Crippen LogP contribution in [0.5, 0.6) is 0 Å². The number of benzene rings is 1. The zero-order valence-electron chi connectivity index (χ0n) is 18.2. The number of carbonyl (C=O) groups excluding carboxylic acids is 2. The predicted molar refractivity (Wildman–Crippen MR) is 117 cm³/mol. The SMILES string of the molecule is CC(C)(O)C(NC(=O)Nc1cc2[nH]nc(NC(=O)N3CC(F)(F)C3)c2cn1)c1ccc(F)cc1. The first-order chi connectivity index (χ1) is 15.9. The maximum absolute atomic E-state index is 13.3. The van der Waals surface area contributed by atoms with E-state index >= 15 is 0 Å². The van der Waals surface area contributed by atoms with E-state index in [1.54, 1.807) is 0 Å². The second-order valence-corrected chi connectivity index (χ2v) is 8.57. The number of anilines is 2. The van der Waals surface area contributed by atoms with Gasteiger partial charge in [0.25, 0.3) is 5.92 Å². The van der Waals surface area contributed by atoms with Gasteiger partial charge in [-0.25, -0.2) is 27.7 Å². The van der Waals surface area contributed by atoms with Crippen molar-refractivity contribution in [2.24, 2.45) is 0 Å². The minimum Gasteiger partial charge on any atom is -0.388 e. The van der Waals surface area contributed by atoms with Gasteiger partial charge in [-0.15, -0.1) is 0 Å². The van der Waals surface area contributed by atoms with Crippen molar-refractivity contribution in [1.82, 2.24) is 25.4 Å². The molecule has 1 aromatic carbocycles. The average Bonchev–Trinajstić information content (AvgIpc) is 3.12. The summed E-state index contributed by atoms with van der Waals surface area (Å²) in [4.78, 5) is 29.7. The van der Waals surface area contributed by atoms with Crippen molar-refractivity contribution >= 4 is 34.6 Å². The van der Waals surface area contributed by atoms with E-state index in [2.05, 4.69) is 31.1 Å². The molecule has 3 heterocycles. The van der Waals surface area contributed by atoms with E-state index < -0.39 is 48.5 Å². The Bertz CT molecular complexity index is 1220. The molecule has 4 amide bonds. The molecule has 1 unspecified atom stereocenters. The molecule has 13 heteroatoms. The summed E-state index contributed by atoms with van der Waals surface area (Å²) in [6.45, 7) is 1.69. The number of aromatic amines is 1. The van der Waals surface area contributed by atoms with Gasteiger partial charge in [-0.3, -0.25) is 15.7 Å². The fraction of sp³-hybridized carbons (Fsp3) is 0.333. The Morgan fingerprint density at radius 3 is 2.50 bits per heavy atom. The van der Waals surface area contributed by atoms with Gasteiger partial charge in [0.05, 0.1) is 35.6 Å². The van der Waals surface area contributed by atoms with Crippen LogP contribution >= 0.6 is 0 Å². The van der Waals surface area contributed by atoms with Crippen molar-refractivity contribution in [3.63, 3.8) is 0 Å². The summed E-state index contributed by atoms with van der Waals surface area (Å²) in [7, 11) is 0. The van der Waals surface area contributed by atoms with Crippen molar-refractivity contribution in [1.29, 1.82) is 0 Å². The third kappa shape index (κ3) is 5.03. The number of fused-ring (bicyclic) bond motifs is 1. The number of amides is 4. The third-order valence-corrected chi connectivity index (χ3v) is 5.23. The number of likely N-dealkylation sites (tertiary alicyclic amines) is 1. The molecule has 1 fully saturated rings. The van der Waals surface area contributed by atoms with Crippen LogP contribution in [-0.2, 0) is 0 Å². The molecule has 0 spiro atoms. The molecular weight excluding hydrogens is 455 g/mol. The number of halogens is 3. The van der Waals surface area contributed by atoms with E-state index in [1.165, 1.54) is 50.4 Å². The Morgan fingerprint density at radius 1 is 1.21 bits per heavy atom. The molecule has 0 bridgehead atoms. The molecule has 2 aromatic heterocycles. The summed E-state index contributed by atoms with van der Waals surface area (Å²) in [6, 6.07) is 4.62. The van der Waals surface area contributed by atoms with Gasteiger partial charge in [-0.1, -0.05) is 12.1 Å². The number of pyridine rings is 1. The topological polar surface area (TPSA) is 135 Å². The van der Waals surface area contributed by atoms with Gasteiger partial charge < -0.3 is 15.3 Å². The van der Waals surface area contributed by atoms with Gasteiger partial charge in [-0.2, -0.15) is 5.10 Å². The molecule has 0 aliphatic carbocycles. The molecule has 10 nitrogen and oxygen atoms in total. The normalized spacial score (nSPS) is 16.0. The lowest BCUT2D eigenvalue weighted by molar-refractivity contribution is -0.107. The number of aromatic nitrogens is 3. The second kappa shape index (κ2) is 8.48. The van der Waals surface area contributed by atoms with Crippen molar-refractivity contribution in [2.45, 2.75) is 31.4 Å². The molecule has 0 radical (unpaired) electrons. The maximum atomic E-state index is 13.3. The maximum Gasteiger partial charge on any atom is 0.323 e. The first-order valence-electron chi connectivity index (χ1n) is 10.2. The quantitative estimate of drug-likeness (QED) is 0.385. The van der Waals surface area contributed by atoms with Crippen LogP contribution < -0.4 is 16.0 Å². The number of hydrogen-bond acceptors (Lipinski definition) is 5. The highest BCUT2D eigenvalue weighted by Gasteiger charge is 2.46. The number of carbonyl (C=O) groups is 2. The van der Waals surface area contributed by atoms with Crippen LogP contribution in [0, 0.1) is 5.82 Å². The summed E-state index contributed by atoms with van der Waals surface area (Å²) in [5, 5.41) is 25.1. The molecule has 0 saturated carbocycles. The van der Waals surface area contributed by atoms with Crippen LogP contribution in [0.2, 0.25) is 0 Å². The van der Waals surface area contributed by atoms with Crippen LogP contribution in [0.4, 0.5) is 34.4 Å². The molecule has 1 aliphatic rings. The van der Waals surface area contributed by atoms with E-state index in [4.69, 9.17) is 0 Å². The lowest BCUT2D eigenvalue weighted by Crippen LogP contribution is -2.59. The Hall–Kier alpha value is -3.87. The Labute approximate surface area is 191 Å². The molecule has 5 N–H and O–H groups in total. The second-order valence-electron chi connectivity index (χ2n) is 8.57. The van der Waals surface area contributed by atoms with Gasteiger partial charge in [-0.05, 0) is 31.5 Å². The molecule has 180 valence electrons. The van der Waals surface area contributed by atoms with E-state index in [0.717, 1.165) is 4.90 Å². The Morgan fingerprint density at radius 2 is 1.88 bits per heavy atom. The number of alkyl halides is 2. The van der Waals surface area contributed by atoms with E-state index in [9.17, 15) is 27.9 Å². The molecule has 4 rings (SSSR count). The number of urea groups is 2. The van der Waals surface area contributed by atoms with Crippen molar-refractivity contribution < 1.29 is 27.9 Å². The summed E-state index contributed by atoms with van der Waals surface area (Å²) >= 11 is 0. The van der Waals surface area contributed by atoms with E-state index in [0.29, 0.717) is 16.5 Å². The third-order valence-electron chi connectivity index (χ3n) is 5.23. The van der Waals surface area contributed by atoms with Crippen molar-refractivity contribution in [3.05, 3.63) is 47.9 Å². The minimum absolute atomic E-state index is 0.108. The molecule has 1 aliphatic heterocycles. The van der Waals surface area contributed by atoms with Crippen LogP contribution in [0.1, 0.15) is 25.5 Å². The van der Waals surface area contributed by atoms with E-state index in [1.807, 2.05) is 0 Å². The number of aliphatic hydroxyl groups is 1. The highest BCUT2D eigenvalue weighted by atomic mass is 19.3. The summed E-state index contributed by atoms with van der Waals surface area (Å²) in [6.07, 6.45) is 1.35. The highest BCUT2D eigenvalue weighted by molar-refractivity contribution is 6.00. The molecule has 3 aromatic rings. The van der Waals surface area contributed by atoms with Gasteiger partial charge in [0, 0.05) is 12.3 Å². The molecule has 1 saturated heterocycles. The summed E-state index contributed by atoms with van der Waals surface area (Å²) in [5.74, 6) is -3.08. The fourth-order valence-corrected chi connectivity index (χ4v) is 3.52. The molecular formula is C21H22F3N7O3. The number of H-pyrrole nitrogens is 1. The van der Waals surface area contributed by atoms with Crippen molar-refractivity contribution in [3.8, 4) is 0 Å². The first-order valence-corrected chi connectivity index (χ1v) is 10.2. The minimum atomic E-state index is -2.88. The van der Waals surface area contributed by atoms with Crippen LogP contribution in [0.3, 0.4) is 0 Å². The predicted octanol–water partition coefficient (Wildman–Crippen LogP) is 3.21. The molecule has 34 heavy (non-hydrogen) atoms.